The summed E-state index contributed by atoms with van der Waals surface area (Å²) in [5.74, 6) is 1.51. The molecule has 2 fully saturated rings. The largest absolute Gasteiger partial charge is 0.493 e. The number of ether oxygens (including phenoxy) is 2. The first-order chi connectivity index (χ1) is 12.7. The Morgan fingerprint density at radius 2 is 2.15 bits per heavy atom. The quantitative estimate of drug-likeness (QED) is 0.691. The lowest BCUT2D eigenvalue weighted by Crippen LogP contribution is -2.40. The van der Waals surface area contributed by atoms with Gasteiger partial charge in [0.05, 0.1) is 19.8 Å². The van der Waals surface area contributed by atoms with Gasteiger partial charge in [-0.15, -0.1) is 0 Å². The predicted molar refractivity (Wildman–Crippen MR) is 102 cm³/mol. The monoisotopic (exact) mass is 361 g/mol. The molecule has 1 amide bonds. The summed E-state index contributed by atoms with van der Waals surface area (Å²) < 4.78 is 11.3. The molecule has 0 aromatic heterocycles. The third kappa shape index (κ3) is 4.30. The summed E-state index contributed by atoms with van der Waals surface area (Å²) in [6, 6.07) is 5.69. The van der Waals surface area contributed by atoms with Gasteiger partial charge in [0, 0.05) is 18.7 Å². The maximum atomic E-state index is 12.7. The normalized spacial score (nSPS) is 21.5. The first kappa shape index (κ1) is 19.0. The molecule has 1 atom stereocenters. The zero-order chi connectivity index (χ0) is 18.4. The molecule has 0 radical (unpaired) electrons. The molecule has 1 aromatic rings. The molecule has 3 rings (SSSR count). The second-order valence-electron chi connectivity index (χ2n) is 7.40. The molecule has 1 unspecified atom stereocenters. The Labute approximate surface area is 156 Å². The molecule has 0 aliphatic carbocycles. The van der Waals surface area contributed by atoms with Crippen molar-refractivity contribution in [3.05, 3.63) is 23.8 Å². The number of rotatable bonds is 7. The summed E-state index contributed by atoms with van der Waals surface area (Å²) >= 11 is 0. The number of amides is 1. The minimum Gasteiger partial charge on any atom is -0.493 e. The molecule has 6 heteroatoms. The molecular weight excluding hydrogens is 330 g/mol. The van der Waals surface area contributed by atoms with Gasteiger partial charge in [-0.2, -0.15) is 0 Å². The number of hydrogen-bond donors (Lipinski definition) is 3. The van der Waals surface area contributed by atoms with E-state index in [1.54, 1.807) is 7.11 Å². The number of para-hydroxylation sites is 1. The van der Waals surface area contributed by atoms with Gasteiger partial charge in [-0.3, -0.25) is 4.79 Å². The molecule has 26 heavy (non-hydrogen) atoms. The molecule has 3 N–H and O–H groups in total. The van der Waals surface area contributed by atoms with E-state index in [9.17, 15) is 4.79 Å². The van der Waals surface area contributed by atoms with Crippen molar-refractivity contribution in [2.45, 2.75) is 45.2 Å². The lowest BCUT2D eigenvalue weighted by Gasteiger charge is -2.33. The van der Waals surface area contributed by atoms with Gasteiger partial charge in [0.2, 0.25) is 5.91 Å². The van der Waals surface area contributed by atoms with E-state index in [2.05, 4.69) is 22.9 Å². The average molecular weight is 361 g/mol. The van der Waals surface area contributed by atoms with Crippen LogP contribution in [0.15, 0.2) is 18.2 Å². The summed E-state index contributed by atoms with van der Waals surface area (Å²) in [5.41, 5.74) is 1.24. The second kappa shape index (κ2) is 8.73. The number of nitrogens with one attached hydrogen (secondary N) is 3. The van der Waals surface area contributed by atoms with Crippen molar-refractivity contribution in [1.29, 1.82) is 0 Å². The molecule has 2 aliphatic rings. The minimum atomic E-state index is -0.0984. The fourth-order valence-electron chi connectivity index (χ4n) is 3.98. The summed E-state index contributed by atoms with van der Waals surface area (Å²) in [7, 11) is 1.64. The second-order valence-corrected chi connectivity index (χ2v) is 7.40. The van der Waals surface area contributed by atoms with Crippen molar-refractivity contribution < 1.29 is 14.3 Å². The highest BCUT2D eigenvalue weighted by Crippen LogP contribution is 2.37. The summed E-state index contributed by atoms with van der Waals surface area (Å²) in [4.78, 5) is 12.7. The maximum absolute atomic E-state index is 12.7. The smallest absolute Gasteiger partial charge is 0.237 e. The molecule has 0 bridgehead atoms. The van der Waals surface area contributed by atoms with Crippen LogP contribution in [-0.2, 0) is 11.3 Å². The van der Waals surface area contributed by atoms with Crippen LogP contribution in [0.1, 0.15) is 38.2 Å². The maximum Gasteiger partial charge on any atom is 0.237 e. The van der Waals surface area contributed by atoms with Gasteiger partial charge in [0.1, 0.15) is 0 Å². The van der Waals surface area contributed by atoms with Crippen LogP contribution in [0.4, 0.5) is 0 Å². The van der Waals surface area contributed by atoms with Gasteiger partial charge < -0.3 is 25.4 Å². The number of carbonyl (C=O) groups is 1. The fourth-order valence-corrected chi connectivity index (χ4v) is 3.98. The highest BCUT2D eigenvalue weighted by molar-refractivity contribution is 5.82. The van der Waals surface area contributed by atoms with Crippen LogP contribution in [0.5, 0.6) is 11.5 Å². The van der Waals surface area contributed by atoms with Crippen LogP contribution in [0.2, 0.25) is 0 Å². The van der Waals surface area contributed by atoms with Crippen molar-refractivity contribution in [3.63, 3.8) is 0 Å². The van der Waals surface area contributed by atoms with E-state index in [0.29, 0.717) is 24.3 Å². The molecule has 6 nitrogen and oxygen atoms in total. The highest BCUT2D eigenvalue weighted by atomic mass is 16.5. The van der Waals surface area contributed by atoms with Crippen LogP contribution < -0.4 is 25.4 Å². The molecule has 144 valence electrons. The molecular formula is C20H31N3O3. The first-order valence-corrected chi connectivity index (χ1v) is 9.68. The highest BCUT2D eigenvalue weighted by Gasteiger charge is 2.42. The Balaban J connectivity index is 1.59. The lowest BCUT2D eigenvalue weighted by molar-refractivity contribution is -0.123. The van der Waals surface area contributed by atoms with E-state index in [4.69, 9.17) is 9.47 Å². The van der Waals surface area contributed by atoms with E-state index in [-0.39, 0.29) is 11.9 Å². The Bertz CT molecular complexity index is 614. The number of carbonyl (C=O) groups excluding carboxylic acids is 1. The number of methoxy groups -OCH3 is 1. The third-order valence-electron chi connectivity index (χ3n) is 5.53. The van der Waals surface area contributed by atoms with Crippen LogP contribution >= 0.6 is 0 Å². The summed E-state index contributed by atoms with van der Waals surface area (Å²) in [6.45, 7) is 6.19. The van der Waals surface area contributed by atoms with Crippen molar-refractivity contribution in [1.82, 2.24) is 16.0 Å². The van der Waals surface area contributed by atoms with Crippen molar-refractivity contribution in [2.75, 3.05) is 33.4 Å². The Kier molecular flexibility index (Phi) is 6.38. The first-order valence-electron chi connectivity index (χ1n) is 9.68. The van der Waals surface area contributed by atoms with Crippen molar-refractivity contribution >= 4 is 5.91 Å². The van der Waals surface area contributed by atoms with E-state index in [1.165, 1.54) is 0 Å². The zero-order valence-electron chi connectivity index (χ0n) is 15.9. The lowest BCUT2D eigenvalue weighted by atomic mass is 9.77. The van der Waals surface area contributed by atoms with Gasteiger partial charge in [0.25, 0.3) is 0 Å². The molecule has 0 saturated carbocycles. The van der Waals surface area contributed by atoms with Crippen LogP contribution in [0.3, 0.4) is 0 Å². The Morgan fingerprint density at radius 1 is 1.35 bits per heavy atom. The Hall–Kier alpha value is -1.79. The van der Waals surface area contributed by atoms with Gasteiger partial charge in [-0.05, 0) is 50.3 Å². The van der Waals surface area contributed by atoms with Crippen LogP contribution in [-0.4, -0.2) is 45.3 Å². The van der Waals surface area contributed by atoms with Crippen molar-refractivity contribution in [2.24, 2.45) is 5.41 Å². The molecule has 2 saturated heterocycles. The van der Waals surface area contributed by atoms with E-state index >= 15 is 0 Å². The number of piperidine rings is 1. The minimum absolute atomic E-state index is 0.0738. The molecule has 1 aromatic carbocycles. The van der Waals surface area contributed by atoms with E-state index in [0.717, 1.165) is 56.6 Å². The summed E-state index contributed by atoms with van der Waals surface area (Å²) in [5, 5.41) is 9.91. The average Bonchev–Trinajstić information content (AvgIpc) is 3.08. The van der Waals surface area contributed by atoms with Gasteiger partial charge in [-0.25, -0.2) is 0 Å². The summed E-state index contributed by atoms with van der Waals surface area (Å²) in [6.07, 6.45) is 4.15. The van der Waals surface area contributed by atoms with Crippen LogP contribution in [0, 0.1) is 5.41 Å². The SMILES string of the molecule is CCCOc1c(CNC(=O)C2CC3(CCNCC3)CN2)cccc1OC. The van der Waals surface area contributed by atoms with Crippen LogP contribution in [0.25, 0.3) is 0 Å². The van der Waals surface area contributed by atoms with E-state index in [1.807, 2.05) is 18.2 Å². The molecule has 2 aliphatic heterocycles. The van der Waals surface area contributed by atoms with Gasteiger partial charge in [-0.1, -0.05) is 19.1 Å². The van der Waals surface area contributed by atoms with Gasteiger partial charge in [0.15, 0.2) is 11.5 Å². The molecule has 2 heterocycles. The fraction of sp³-hybridized carbons (Fsp3) is 0.650. The number of benzene rings is 1. The van der Waals surface area contributed by atoms with Gasteiger partial charge >= 0.3 is 0 Å². The Morgan fingerprint density at radius 3 is 2.88 bits per heavy atom. The topological polar surface area (TPSA) is 71.6 Å². The van der Waals surface area contributed by atoms with E-state index < -0.39 is 0 Å². The third-order valence-corrected chi connectivity index (χ3v) is 5.53. The van der Waals surface area contributed by atoms with Crippen molar-refractivity contribution in [3.8, 4) is 11.5 Å². The number of hydrogen-bond acceptors (Lipinski definition) is 5. The standard InChI is InChI=1S/C20H31N3O3/c1-3-11-26-18-15(5-4-6-17(18)25-2)13-22-19(24)16-12-20(14-23-16)7-9-21-10-8-20/h4-6,16,21,23H,3,7-14H2,1-2H3,(H,22,24). The predicted octanol–water partition coefficient (Wildman–Crippen LogP) is 1.83. The molecule has 1 spiro atoms. The zero-order valence-corrected chi connectivity index (χ0v) is 15.9.